The maximum atomic E-state index is 12.2. The molecule has 2 aromatic rings. The molecule has 3 rings (SSSR count). The normalized spacial score (nSPS) is 17.8. The van der Waals surface area contributed by atoms with Gasteiger partial charge in [0.15, 0.2) is 5.13 Å². The second-order valence-corrected chi connectivity index (χ2v) is 6.48. The van der Waals surface area contributed by atoms with Gasteiger partial charge in [0.05, 0.1) is 21.7 Å². The first kappa shape index (κ1) is 15.3. The number of carbonyl (C=O) groups is 2. The fourth-order valence-electron chi connectivity index (χ4n) is 2.31. The van der Waals surface area contributed by atoms with Crippen molar-refractivity contribution in [3.05, 3.63) is 39.8 Å². The highest BCUT2D eigenvalue weighted by Gasteiger charge is 2.36. The number of nitrogens with one attached hydrogen (secondary N) is 1. The summed E-state index contributed by atoms with van der Waals surface area (Å²) in [6.07, 6.45) is 1.75. The van der Waals surface area contributed by atoms with Crippen molar-refractivity contribution in [1.82, 2.24) is 4.98 Å². The molecule has 5 nitrogen and oxygen atoms in total. The molecule has 0 radical (unpaired) electrons. The fourth-order valence-corrected chi connectivity index (χ4v) is 3.24. The van der Waals surface area contributed by atoms with Crippen LogP contribution >= 0.6 is 34.5 Å². The van der Waals surface area contributed by atoms with Gasteiger partial charge in [-0.2, -0.15) is 0 Å². The average Bonchev–Trinajstić information content (AvgIpc) is 3.12. The van der Waals surface area contributed by atoms with E-state index in [2.05, 4.69) is 10.3 Å². The molecule has 1 saturated heterocycles. The van der Waals surface area contributed by atoms with Crippen LogP contribution in [0.2, 0.25) is 10.0 Å². The van der Waals surface area contributed by atoms with E-state index in [1.54, 1.807) is 29.8 Å². The monoisotopic (exact) mass is 355 g/mol. The van der Waals surface area contributed by atoms with E-state index in [1.165, 1.54) is 16.2 Å². The predicted octanol–water partition coefficient (Wildman–Crippen LogP) is 3.44. The minimum Gasteiger partial charge on any atom is -0.310 e. The van der Waals surface area contributed by atoms with E-state index in [0.29, 0.717) is 20.9 Å². The maximum absolute atomic E-state index is 12.2. The van der Waals surface area contributed by atoms with Crippen molar-refractivity contribution in [3.63, 3.8) is 0 Å². The van der Waals surface area contributed by atoms with Crippen molar-refractivity contribution >= 4 is 57.2 Å². The van der Waals surface area contributed by atoms with E-state index < -0.39 is 5.92 Å². The summed E-state index contributed by atoms with van der Waals surface area (Å²) in [5.41, 5.74) is 0.531. The van der Waals surface area contributed by atoms with Gasteiger partial charge in [0, 0.05) is 24.5 Å². The topological polar surface area (TPSA) is 62.3 Å². The minimum atomic E-state index is -0.438. The van der Waals surface area contributed by atoms with Gasteiger partial charge in [-0.3, -0.25) is 9.59 Å². The molecule has 114 valence electrons. The number of amides is 2. The molecule has 2 amide bonds. The molecule has 1 atom stereocenters. The number of benzene rings is 1. The first-order chi connectivity index (χ1) is 10.6. The number of rotatable bonds is 3. The third-order valence-electron chi connectivity index (χ3n) is 3.38. The van der Waals surface area contributed by atoms with Gasteiger partial charge in [0.25, 0.3) is 0 Å². The molecule has 0 spiro atoms. The fraction of sp³-hybridized carbons (Fsp3) is 0.214. The number of aromatic nitrogens is 1. The standard InChI is InChI=1S/C14H11Cl2N3O2S/c15-9-2-1-3-10(12(9)16)19-7-8(6-11(19)20)13(21)18-14-17-4-5-22-14/h1-5,8H,6-7H2,(H,17,18,21)/t8-/m1/s1. The van der Waals surface area contributed by atoms with E-state index >= 15 is 0 Å². The Morgan fingerprint density at radius 1 is 1.41 bits per heavy atom. The number of hydrogen-bond donors (Lipinski definition) is 1. The van der Waals surface area contributed by atoms with E-state index in [4.69, 9.17) is 23.2 Å². The lowest BCUT2D eigenvalue weighted by atomic mass is 10.1. The SMILES string of the molecule is O=C(Nc1nccs1)[C@@H]1CC(=O)N(c2cccc(Cl)c2Cl)C1. The lowest BCUT2D eigenvalue weighted by molar-refractivity contribution is -0.122. The van der Waals surface area contributed by atoms with Crippen LogP contribution in [-0.4, -0.2) is 23.3 Å². The van der Waals surface area contributed by atoms with Crippen molar-refractivity contribution in [2.45, 2.75) is 6.42 Å². The molecule has 0 saturated carbocycles. The number of anilines is 2. The Morgan fingerprint density at radius 2 is 2.23 bits per heavy atom. The highest BCUT2D eigenvalue weighted by molar-refractivity contribution is 7.13. The zero-order valence-corrected chi connectivity index (χ0v) is 13.6. The minimum absolute atomic E-state index is 0.139. The molecule has 1 aliphatic rings. The Hall–Kier alpha value is -1.63. The van der Waals surface area contributed by atoms with Gasteiger partial charge < -0.3 is 10.2 Å². The summed E-state index contributed by atoms with van der Waals surface area (Å²) in [6, 6.07) is 5.09. The van der Waals surface area contributed by atoms with Gasteiger partial charge in [-0.15, -0.1) is 11.3 Å². The quantitative estimate of drug-likeness (QED) is 0.916. The van der Waals surface area contributed by atoms with Crippen molar-refractivity contribution < 1.29 is 9.59 Å². The Balaban J connectivity index is 1.75. The summed E-state index contributed by atoms with van der Waals surface area (Å²) in [7, 11) is 0. The summed E-state index contributed by atoms with van der Waals surface area (Å²) in [6.45, 7) is 0.274. The first-order valence-electron chi connectivity index (χ1n) is 6.51. The van der Waals surface area contributed by atoms with E-state index in [9.17, 15) is 9.59 Å². The van der Waals surface area contributed by atoms with E-state index in [0.717, 1.165) is 0 Å². The maximum Gasteiger partial charge on any atom is 0.231 e. The zero-order valence-electron chi connectivity index (χ0n) is 11.3. The Bertz CT molecular complexity index is 721. The molecule has 0 unspecified atom stereocenters. The average molecular weight is 356 g/mol. The van der Waals surface area contributed by atoms with Crippen LogP contribution in [0.5, 0.6) is 0 Å². The number of thiazole rings is 1. The summed E-state index contributed by atoms with van der Waals surface area (Å²) in [5.74, 6) is -0.807. The zero-order chi connectivity index (χ0) is 15.7. The van der Waals surface area contributed by atoms with E-state index in [-0.39, 0.29) is 24.8 Å². The third kappa shape index (κ3) is 2.95. The Morgan fingerprint density at radius 3 is 2.95 bits per heavy atom. The van der Waals surface area contributed by atoms with Gasteiger partial charge in [-0.1, -0.05) is 29.3 Å². The molecule has 1 aliphatic heterocycles. The second-order valence-electron chi connectivity index (χ2n) is 4.80. The Kier molecular flexibility index (Phi) is 4.33. The molecule has 1 aromatic heterocycles. The number of nitrogens with zero attached hydrogens (tertiary/aromatic N) is 2. The smallest absolute Gasteiger partial charge is 0.231 e. The van der Waals surface area contributed by atoms with Crippen molar-refractivity contribution in [2.24, 2.45) is 5.92 Å². The van der Waals surface area contributed by atoms with Crippen molar-refractivity contribution in [1.29, 1.82) is 0 Å². The second kappa shape index (κ2) is 6.24. The molecule has 0 aliphatic carbocycles. The van der Waals surface area contributed by atoms with Crippen LogP contribution in [0.15, 0.2) is 29.8 Å². The van der Waals surface area contributed by atoms with Crippen LogP contribution in [0.25, 0.3) is 0 Å². The number of halogens is 2. The van der Waals surface area contributed by atoms with Crippen LogP contribution < -0.4 is 10.2 Å². The first-order valence-corrected chi connectivity index (χ1v) is 8.14. The molecular formula is C14H11Cl2N3O2S. The van der Waals surface area contributed by atoms with Crippen LogP contribution in [0.3, 0.4) is 0 Å². The molecule has 0 bridgehead atoms. The van der Waals surface area contributed by atoms with Gasteiger partial charge in [0.1, 0.15) is 0 Å². The summed E-state index contributed by atoms with van der Waals surface area (Å²) in [5, 5.41) is 5.70. The van der Waals surface area contributed by atoms with Gasteiger partial charge >= 0.3 is 0 Å². The lowest BCUT2D eigenvalue weighted by Gasteiger charge is -2.18. The van der Waals surface area contributed by atoms with Crippen molar-refractivity contribution in [2.75, 3.05) is 16.8 Å². The summed E-state index contributed by atoms with van der Waals surface area (Å²) in [4.78, 5) is 29.9. The predicted molar refractivity (Wildman–Crippen MR) is 87.7 cm³/mol. The molecule has 1 aromatic carbocycles. The molecule has 1 N–H and O–H groups in total. The lowest BCUT2D eigenvalue weighted by Crippen LogP contribution is -2.28. The molecule has 8 heteroatoms. The highest BCUT2D eigenvalue weighted by Crippen LogP contribution is 2.35. The van der Waals surface area contributed by atoms with Crippen LogP contribution in [0, 0.1) is 5.92 Å². The number of carbonyl (C=O) groups excluding carboxylic acids is 2. The third-order valence-corrected chi connectivity index (χ3v) is 4.88. The highest BCUT2D eigenvalue weighted by atomic mass is 35.5. The Labute approximate surface area is 140 Å². The molecule has 1 fully saturated rings. The molecular weight excluding hydrogens is 345 g/mol. The van der Waals surface area contributed by atoms with Gasteiger partial charge in [-0.25, -0.2) is 4.98 Å². The summed E-state index contributed by atoms with van der Waals surface area (Å²) < 4.78 is 0. The molecule has 22 heavy (non-hydrogen) atoms. The van der Waals surface area contributed by atoms with Gasteiger partial charge in [0.2, 0.25) is 11.8 Å². The molecule has 2 heterocycles. The number of hydrogen-bond acceptors (Lipinski definition) is 4. The van der Waals surface area contributed by atoms with E-state index in [1.807, 2.05) is 0 Å². The largest absolute Gasteiger partial charge is 0.310 e. The van der Waals surface area contributed by atoms with Crippen molar-refractivity contribution in [3.8, 4) is 0 Å². The van der Waals surface area contributed by atoms with Crippen LogP contribution in [0.4, 0.5) is 10.8 Å². The van der Waals surface area contributed by atoms with Crippen LogP contribution in [0.1, 0.15) is 6.42 Å². The van der Waals surface area contributed by atoms with Crippen LogP contribution in [-0.2, 0) is 9.59 Å². The van der Waals surface area contributed by atoms with Gasteiger partial charge in [-0.05, 0) is 12.1 Å². The summed E-state index contributed by atoms with van der Waals surface area (Å²) >= 11 is 13.5.